The van der Waals surface area contributed by atoms with E-state index in [1.165, 1.54) is 116 Å². The number of aliphatic carboxylic acids is 1. The molecule has 0 aliphatic carbocycles. The smallest absolute Gasteiger partial charge is 0.325 e. The van der Waals surface area contributed by atoms with Crippen LogP contribution in [0, 0.1) is 0 Å². The van der Waals surface area contributed by atoms with Gasteiger partial charge in [-0.2, -0.15) is 11.8 Å². The molecule has 6 atom stereocenters. The number of thioether (sulfide) groups is 1. The number of aliphatic hydroxyl groups is 2. The van der Waals surface area contributed by atoms with Crippen molar-refractivity contribution in [2.24, 2.45) is 11.5 Å². The Labute approximate surface area is 428 Å². The molecule has 0 heterocycles. The highest BCUT2D eigenvalue weighted by molar-refractivity contribution is 7.99. The predicted molar refractivity (Wildman–Crippen MR) is 276 cm³/mol. The van der Waals surface area contributed by atoms with Crippen LogP contribution in [0.5, 0.6) is 0 Å². The molecule has 19 nitrogen and oxygen atoms in total. The normalized spacial score (nSPS) is 13.7. The third-order valence-electron chi connectivity index (χ3n) is 12.0. The Morgan fingerprint density at radius 2 is 0.873 bits per heavy atom. The van der Waals surface area contributed by atoms with Crippen LogP contribution in [0.25, 0.3) is 0 Å². The number of primary amides is 1. The van der Waals surface area contributed by atoms with Gasteiger partial charge in [-0.05, 0) is 19.8 Å². The summed E-state index contributed by atoms with van der Waals surface area (Å²) >= 11 is 1.15. The van der Waals surface area contributed by atoms with E-state index >= 15 is 0 Å². The minimum atomic E-state index is -1.74. The molecule has 0 spiro atoms. The van der Waals surface area contributed by atoms with Gasteiger partial charge in [-0.1, -0.05) is 168 Å². The van der Waals surface area contributed by atoms with E-state index in [-0.39, 0.29) is 36.9 Å². The number of carboxylic acid groups (broad SMARTS) is 1. The second kappa shape index (κ2) is 44.7. The van der Waals surface area contributed by atoms with Crippen LogP contribution < -0.4 is 32.7 Å². The molecule has 0 aliphatic heterocycles. The zero-order chi connectivity index (χ0) is 53.1. The molecule has 0 aromatic carbocycles. The minimum Gasteiger partial charge on any atom is -0.480 e. The summed E-state index contributed by atoms with van der Waals surface area (Å²) in [6.45, 7) is 3.46. The molecule has 20 heteroatoms. The third-order valence-corrected chi connectivity index (χ3v) is 13.2. The van der Waals surface area contributed by atoms with Crippen molar-refractivity contribution in [2.75, 3.05) is 31.3 Å². The lowest BCUT2D eigenvalue weighted by Gasteiger charge is -2.24. The van der Waals surface area contributed by atoms with Crippen molar-refractivity contribution >= 4 is 59.2 Å². The van der Waals surface area contributed by atoms with Crippen LogP contribution in [0.4, 0.5) is 0 Å². The van der Waals surface area contributed by atoms with Crippen molar-refractivity contribution in [3.8, 4) is 0 Å². The maximum absolute atomic E-state index is 13.0. The Hall–Kier alpha value is -4.01. The van der Waals surface area contributed by atoms with E-state index in [2.05, 4.69) is 35.1 Å². The van der Waals surface area contributed by atoms with Crippen LogP contribution in [-0.4, -0.2) is 130 Å². The lowest BCUT2D eigenvalue weighted by atomic mass is 10.0. The van der Waals surface area contributed by atoms with Crippen molar-refractivity contribution in [2.45, 2.75) is 243 Å². The summed E-state index contributed by atoms with van der Waals surface area (Å²) in [5.41, 5.74) is 11.3. The Morgan fingerprint density at radius 1 is 0.507 bits per heavy atom. The van der Waals surface area contributed by atoms with Gasteiger partial charge in [-0.25, -0.2) is 0 Å². The first-order chi connectivity index (χ1) is 34.1. The Morgan fingerprint density at radius 3 is 1.27 bits per heavy atom. The van der Waals surface area contributed by atoms with E-state index in [1.54, 1.807) is 0 Å². The topological polar surface area (TPSA) is 316 Å². The van der Waals surface area contributed by atoms with E-state index in [9.17, 15) is 48.6 Å². The Balaban J connectivity index is 5.17. The fraction of sp³-hybridized carbons (Fsp3) is 0.843. The van der Waals surface area contributed by atoms with Gasteiger partial charge >= 0.3 is 17.9 Å². The number of carbonyl (C=O) groups excluding carboxylic acids is 7. The molecule has 11 N–H and O–H groups in total. The van der Waals surface area contributed by atoms with Gasteiger partial charge in [0.2, 0.25) is 29.5 Å². The Bertz CT molecular complexity index is 1490. The molecule has 0 saturated heterocycles. The number of ether oxygens (including phenoxy) is 2. The van der Waals surface area contributed by atoms with Gasteiger partial charge < -0.3 is 57.5 Å². The summed E-state index contributed by atoms with van der Waals surface area (Å²) in [5.74, 6) is -7.32. The number of hydrogen-bond donors (Lipinski definition) is 9. The summed E-state index contributed by atoms with van der Waals surface area (Å²) in [6, 6.07) is -7.68. The average Bonchev–Trinajstić information content (AvgIpc) is 3.33. The largest absolute Gasteiger partial charge is 0.480 e. The molecule has 0 radical (unpaired) electrons. The zero-order valence-corrected chi connectivity index (χ0v) is 44.3. The molecule has 0 aromatic heterocycles. The van der Waals surface area contributed by atoms with E-state index < -0.39 is 97.4 Å². The highest BCUT2D eigenvalue weighted by Gasteiger charge is 2.32. The van der Waals surface area contributed by atoms with Crippen LogP contribution in [-0.2, 0) is 47.8 Å². The lowest BCUT2D eigenvalue weighted by Crippen LogP contribution is -2.60. The van der Waals surface area contributed by atoms with Crippen molar-refractivity contribution < 1.29 is 63.1 Å². The van der Waals surface area contributed by atoms with Crippen molar-refractivity contribution in [1.29, 1.82) is 0 Å². The molecule has 71 heavy (non-hydrogen) atoms. The molecule has 0 unspecified atom stereocenters. The summed E-state index contributed by atoms with van der Waals surface area (Å²) in [6.07, 6.45) is 29.5. The van der Waals surface area contributed by atoms with Crippen LogP contribution in [0.3, 0.4) is 0 Å². The molecule has 0 saturated carbocycles. The second-order valence-electron chi connectivity index (χ2n) is 18.7. The molecule has 0 aromatic rings. The third kappa shape index (κ3) is 37.4. The fourth-order valence-electron chi connectivity index (χ4n) is 7.59. The zero-order valence-electron chi connectivity index (χ0n) is 43.5. The first-order valence-corrected chi connectivity index (χ1v) is 27.9. The van der Waals surface area contributed by atoms with Gasteiger partial charge in [-0.15, -0.1) is 0 Å². The number of rotatable bonds is 48. The predicted octanol–water partition coefficient (Wildman–Crippen LogP) is 5.37. The number of carboxylic acids is 1. The van der Waals surface area contributed by atoms with E-state index in [1.807, 2.05) is 0 Å². The number of hydrogen-bond acceptors (Lipinski definition) is 14. The number of unbranched alkanes of at least 4 members (excludes halogenated alkanes) is 24. The number of amides is 5. The van der Waals surface area contributed by atoms with E-state index in [0.29, 0.717) is 12.8 Å². The number of esters is 2. The lowest BCUT2D eigenvalue weighted by molar-refractivity contribution is -0.157. The van der Waals surface area contributed by atoms with Crippen molar-refractivity contribution in [3.63, 3.8) is 0 Å². The summed E-state index contributed by atoms with van der Waals surface area (Å²) in [4.78, 5) is 99.9. The molecular weight excluding hydrogens is 937 g/mol. The monoisotopic (exact) mass is 1030 g/mol. The van der Waals surface area contributed by atoms with E-state index in [4.69, 9.17) is 26.0 Å². The maximum Gasteiger partial charge on any atom is 0.325 e. The summed E-state index contributed by atoms with van der Waals surface area (Å²) < 4.78 is 11.3. The van der Waals surface area contributed by atoms with Crippen LogP contribution in [0.1, 0.15) is 207 Å². The Kier molecular flexibility index (Phi) is 42.1. The van der Waals surface area contributed by atoms with E-state index in [0.717, 1.165) is 57.2 Å². The van der Waals surface area contributed by atoms with Gasteiger partial charge in [0.05, 0.1) is 25.7 Å². The van der Waals surface area contributed by atoms with Crippen molar-refractivity contribution in [3.05, 3.63) is 0 Å². The maximum atomic E-state index is 13.0. The quantitative estimate of drug-likeness (QED) is 0.0273. The number of nitrogens with one attached hydrogen (secondary N) is 4. The molecule has 0 aliphatic rings. The molecule has 0 bridgehead atoms. The molecule has 5 amide bonds. The fourth-order valence-corrected chi connectivity index (χ4v) is 8.56. The molecule has 0 fully saturated rings. The standard InChI is InChI=1S/C51H94N6O13S/c1-4-6-8-10-12-14-16-18-20-22-24-26-28-30-45(61)69-35-39(70-46(62)31-29-27-25-23-21-19-17-15-13-11-9-7-5-2)36-71-37-40(52)47(63)56-42(33-58)50(66)57-43(34-59)49(65)55-41(32-44(53)60)48(64)54-38(3)51(67)68/h38-43,58-59H,4-37,52H2,1-3H3,(H2,53,60)(H,54,64)(H,55,65)(H,56,63)(H,57,66)(H,67,68)/t38-,39+,40-,41-,42-,43-/m0/s1. The SMILES string of the molecule is CCCCCCCCCCCCCCCC(=O)OC[C@H](CSC[C@H](N)C(=O)N[C@@H](CO)C(=O)N[C@@H](CO)C(=O)N[C@@H](CC(N)=O)C(=O)N[C@@H](C)C(=O)O)OC(=O)CCCCCCCCCCCCCCC. The molecule has 0 rings (SSSR count). The number of nitrogens with two attached hydrogens (primary N) is 2. The van der Waals surface area contributed by atoms with Gasteiger partial charge in [-0.3, -0.25) is 38.4 Å². The summed E-state index contributed by atoms with van der Waals surface area (Å²) in [7, 11) is 0. The minimum absolute atomic E-state index is 0.0309. The van der Waals surface area contributed by atoms with Gasteiger partial charge in [0.1, 0.15) is 36.9 Å². The number of aliphatic hydroxyl groups excluding tert-OH is 2. The first kappa shape index (κ1) is 67.0. The highest BCUT2D eigenvalue weighted by atomic mass is 32.2. The molecule has 412 valence electrons. The first-order valence-electron chi connectivity index (χ1n) is 26.7. The van der Waals surface area contributed by atoms with Gasteiger partial charge in [0, 0.05) is 24.3 Å². The number of carbonyl (C=O) groups is 8. The van der Waals surface area contributed by atoms with Crippen molar-refractivity contribution in [1.82, 2.24) is 21.3 Å². The summed E-state index contributed by atoms with van der Waals surface area (Å²) in [5, 5.41) is 37.5. The highest BCUT2D eigenvalue weighted by Crippen LogP contribution is 2.16. The van der Waals surface area contributed by atoms with Crippen LogP contribution in [0.2, 0.25) is 0 Å². The van der Waals surface area contributed by atoms with Gasteiger partial charge in [0.15, 0.2) is 0 Å². The second-order valence-corrected chi connectivity index (χ2v) is 19.8. The molecular formula is C51H94N6O13S. The average molecular weight is 1030 g/mol. The van der Waals surface area contributed by atoms with Crippen LogP contribution in [0.15, 0.2) is 0 Å². The van der Waals surface area contributed by atoms with Gasteiger partial charge in [0.25, 0.3) is 0 Å². The van der Waals surface area contributed by atoms with Crippen LogP contribution >= 0.6 is 11.8 Å².